The summed E-state index contributed by atoms with van der Waals surface area (Å²) >= 11 is 0. The molecule has 0 amide bonds. The number of rotatable bonds is 9. The molecule has 1 aromatic rings. The third-order valence-electron chi connectivity index (χ3n) is 2.55. The lowest BCUT2D eigenvalue weighted by atomic mass is 10.4. The number of aromatic nitrogens is 2. The Balaban J connectivity index is 1.90. The summed E-state index contributed by atoms with van der Waals surface area (Å²) < 4.78 is 7.53. The first-order chi connectivity index (χ1) is 8.20. The fourth-order valence-corrected chi connectivity index (χ4v) is 1.46. The average Bonchev–Trinajstić information content (AvgIpc) is 2.68. The van der Waals surface area contributed by atoms with Gasteiger partial charge in [-0.15, -0.1) is 0 Å². The van der Waals surface area contributed by atoms with Crippen LogP contribution in [0.5, 0.6) is 0 Å². The summed E-state index contributed by atoms with van der Waals surface area (Å²) in [6.07, 6.45) is 4.76. The summed E-state index contributed by atoms with van der Waals surface area (Å²) in [5.74, 6) is 1.12. The van der Waals surface area contributed by atoms with Crippen LogP contribution in [0.4, 0.5) is 0 Å². The second kappa shape index (κ2) is 8.22. The smallest absolute Gasteiger partial charge is 0.109 e. The lowest BCUT2D eigenvalue weighted by Crippen LogP contribution is -2.25. The highest BCUT2D eigenvalue weighted by Gasteiger charge is 1.97. The molecule has 17 heavy (non-hydrogen) atoms. The van der Waals surface area contributed by atoms with Crippen LogP contribution in [-0.4, -0.2) is 61.4 Å². The summed E-state index contributed by atoms with van der Waals surface area (Å²) in [6.45, 7) is 4.40. The first-order valence-electron chi connectivity index (χ1n) is 6.09. The molecule has 0 radical (unpaired) electrons. The molecule has 0 fully saturated rings. The van der Waals surface area contributed by atoms with E-state index in [0.29, 0.717) is 0 Å². The SMILES string of the molecule is CN(C)CCOCCNCCc1nccn1C. The van der Waals surface area contributed by atoms with Crippen LogP contribution in [0.2, 0.25) is 0 Å². The van der Waals surface area contributed by atoms with Crippen LogP contribution < -0.4 is 5.32 Å². The van der Waals surface area contributed by atoms with E-state index in [4.69, 9.17) is 4.74 Å². The molecule has 0 bridgehead atoms. The molecule has 0 saturated carbocycles. The second-order valence-electron chi connectivity index (χ2n) is 4.37. The molecule has 0 atom stereocenters. The van der Waals surface area contributed by atoms with Crippen LogP contribution in [0.25, 0.3) is 0 Å². The Morgan fingerprint density at radius 3 is 2.82 bits per heavy atom. The maximum Gasteiger partial charge on any atom is 0.109 e. The van der Waals surface area contributed by atoms with Gasteiger partial charge in [-0.3, -0.25) is 0 Å². The standard InChI is InChI=1S/C12H24N4O/c1-15(2)9-11-17-10-7-13-5-4-12-14-6-8-16(12)3/h6,8,13H,4-5,7,9-11H2,1-3H3. The van der Waals surface area contributed by atoms with Gasteiger partial charge < -0.3 is 19.5 Å². The van der Waals surface area contributed by atoms with Gasteiger partial charge in [-0.2, -0.15) is 0 Å². The molecule has 0 saturated heterocycles. The molecular weight excluding hydrogens is 216 g/mol. The minimum atomic E-state index is 0.772. The summed E-state index contributed by atoms with van der Waals surface area (Å²) in [5.41, 5.74) is 0. The monoisotopic (exact) mass is 240 g/mol. The van der Waals surface area contributed by atoms with Crippen molar-refractivity contribution >= 4 is 0 Å². The first kappa shape index (κ1) is 14.2. The Morgan fingerprint density at radius 1 is 1.35 bits per heavy atom. The number of hydrogen-bond donors (Lipinski definition) is 1. The van der Waals surface area contributed by atoms with Crippen LogP contribution in [0.1, 0.15) is 5.82 Å². The minimum absolute atomic E-state index is 0.772. The van der Waals surface area contributed by atoms with E-state index < -0.39 is 0 Å². The Bertz CT molecular complexity index is 298. The number of nitrogens with one attached hydrogen (secondary N) is 1. The molecule has 98 valence electrons. The highest BCUT2D eigenvalue weighted by molar-refractivity contribution is 4.91. The van der Waals surface area contributed by atoms with E-state index in [-0.39, 0.29) is 0 Å². The van der Waals surface area contributed by atoms with Gasteiger partial charge >= 0.3 is 0 Å². The molecule has 1 rings (SSSR count). The fourth-order valence-electron chi connectivity index (χ4n) is 1.46. The van der Waals surface area contributed by atoms with Gasteiger partial charge in [-0.05, 0) is 14.1 Å². The molecule has 0 aromatic carbocycles. The van der Waals surface area contributed by atoms with E-state index in [1.165, 1.54) is 0 Å². The van der Waals surface area contributed by atoms with Gasteiger partial charge in [0.15, 0.2) is 0 Å². The first-order valence-corrected chi connectivity index (χ1v) is 6.09. The third-order valence-corrected chi connectivity index (χ3v) is 2.55. The van der Waals surface area contributed by atoms with Gasteiger partial charge in [-0.25, -0.2) is 4.98 Å². The lowest BCUT2D eigenvalue weighted by molar-refractivity contribution is 0.119. The Kier molecular flexibility index (Phi) is 6.84. The predicted molar refractivity (Wildman–Crippen MR) is 69.2 cm³/mol. The van der Waals surface area contributed by atoms with E-state index >= 15 is 0 Å². The van der Waals surface area contributed by atoms with Crippen molar-refractivity contribution in [3.05, 3.63) is 18.2 Å². The summed E-state index contributed by atoms with van der Waals surface area (Å²) in [5, 5.41) is 3.35. The molecule has 0 aliphatic heterocycles. The van der Waals surface area contributed by atoms with E-state index in [1.54, 1.807) is 0 Å². The molecule has 0 aliphatic carbocycles. The normalized spacial score (nSPS) is 11.3. The molecule has 5 heteroatoms. The van der Waals surface area contributed by atoms with Crippen molar-refractivity contribution in [3.63, 3.8) is 0 Å². The van der Waals surface area contributed by atoms with Gasteiger partial charge in [0.25, 0.3) is 0 Å². The fraction of sp³-hybridized carbons (Fsp3) is 0.750. The highest BCUT2D eigenvalue weighted by Crippen LogP contribution is 1.93. The number of imidazole rings is 1. The maximum absolute atomic E-state index is 5.48. The van der Waals surface area contributed by atoms with Crippen molar-refractivity contribution in [2.24, 2.45) is 7.05 Å². The second-order valence-corrected chi connectivity index (χ2v) is 4.37. The largest absolute Gasteiger partial charge is 0.379 e. The number of ether oxygens (including phenoxy) is 1. The van der Waals surface area contributed by atoms with Gasteiger partial charge in [-0.1, -0.05) is 0 Å². The minimum Gasteiger partial charge on any atom is -0.379 e. The number of aryl methyl sites for hydroxylation is 1. The van der Waals surface area contributed by atoms with Gasteiger partial charge in [0.2, 0.25) is 0 Å². The van der Waals surface area contributed by atoms with Crippen molar-refractivity contribution in [1.29, 1.82) is 0 Å². The molecule has 0 aliphatic rings. The predicted octanol–water partition coefficient (Wildman–Crippen LogP) is 0.130. The van der Waals surface area contributed by atoms with Crippen LogP contribution in [0, 0.1) is 0 Å². The van der Waals surface area contributed by atoms with E-state index in [2.05, 4.69) is 33.9 Å². The van der Waals surface area contributed by atoms with Crippen LogP contribution in [0.3, 0.4) is 0 Å². The third kappa shape index (κ3) is 6.41. The lowest BCUT2D eigenvalue weighted by Gasteiger charge is -2.10. The molecule has 0 spiro atoms. The molecule has 5 nitrogen and oxygen atoms in total. The van der Waals surface area contributed by atoms with Gasteiger partial charge in [0.05, 0.1) is 13.2 Å². The Hall–Kier alpha value is -0.910. The maximum atomic E-state index is 5.48. The number of nitrogens with zero attached hydrogens (tertiary/aromatic N) is 3. The zero-order chi connectivity index (χ0) is 12.5. The summed E-state index contributed by atoms with van der Waals surface area (Å²) in [4.78, 5) is 6.39. The number of hydrogen-bond acceptors (Lipinski definition) is 4. The Labute approximate surface area is 104 Å². The quantitative estimate of drug-likeness (QED) is 0.623. The van der Waals surface area contributed by atoms with Crippen LogP contribution in [-0.2, 0) is 18.2 Å². The Morgan fingerprint density at radius 2 is 2.18 bits per heavy atom. The van der Waals surface area contributed by atoms with Crippen molar-refractivity contribution in [3.8, 4) is 0 Å². The molecule has 1 aromatic heterocycles. The topological polar surface area (TPSA) is 42.3 Å². The molecule has 0 unspecified atom stereocenters. The van der Waals surface area contributed by atoms with Crippen molar-refractivity contribution in [2.75, 3.05) is 46.9 Å². The van der Waals surface area contributed by atoms with Gasteiger partial charge in [0, 0.05) is 45.5 Å². The molecule has 1 N–H and O–H groups in total. The number of likely N-dealkylation sites (N-methyl/N-ethyl adjacent to an activating group) is 1. The molecule has 1 heterocycles. The van der Waals surface area contributed by atoms with E-state index in [1.807, 2.05) is 19.4 Å². The zero-order valence-corrected chi connectivity index (χ0v) is 11.1. The van der Waals surface area contributed by atoms with Crippen LogP contribution in [0.15, 0.2) is 12.4 Å². The average molecular weight is 240 g/mol. The van der Waals surface area contributed by atoms with Gasteiger partial charge in [0.1, 0.15) is 5.82 Å². The van der Waals surface area contributed by atoms with Crippen molar-refractivity contribution in [1.82, 2.24) is 19.8 Å². The van der Waals surface area contributed by atoms with Crippen LogP contribution >= 0.6 is 0 Å². The van der Waals surface area contributed by atoms with E-state index in [0.717, 1.165) is 45.1 Å². The highest BCUT2D eigenvalue weighted by atomic mass is 16.5. The molecular formula is C12H24N4O. The summed E-state index contributed by atoms with van der Waals surface area (Å²) in [6, 6.07) is 0. The zero-order valence-electron chi connectivity index (χ0n) is 11.1. The van der Waals surface area contributed by atoms with Crippen molar-refractivity contribution in [2.45, 2.75) is 6.42 Å². The van der Waals surface area contributed by atoms with E-state index in [9.17, 15) is 0 Å². The summed E-state index contributed by atoms with van der Waals surface area (Å²) in [7, 11) is 6.12. The van der Waals surface area contributed by atoms with Crippen molar-refractivity contribution < 1.29 is 4.74 Å².